The number of nitrogens with one attached hydrogen (secondary N) is 2. The highest BCUT2D eigenvalue weighted by Gasteiger charge is 2.62. The maximum atomic E-state index is 14.3. The van der Waals surface area contributed by atoms with E-state index in [-0.39, 0.29) is 21.5 Å². The SMILES string of the molecule is FC(F)(F)C(F)(F)CCCOc1cc2c(cc1OCCCC(F)(F)C(F)(F)F)-c1cc3[nH]c(cc4nc(cc5[nH]c(cc-2n1)c1cc(OCCCC(F)(F)C(F)(F)F)c(OCCCC(F)(F)C(F)(F)F)cc51)-c1cc(OCCCC(F)(F)C(F)(F)F)c(OCCCC(F)(F)C(F)(F)F)cc1-4)c1cc(OCCCC(F)(F)C(F)(F)F)c(OCCCC(F)(F)C(F)(F)F)cc31. The summed E-state index contributed by atoms with van der Waals surface area (Å²) < 4.78 is 596. The molecule has 0 saturated heterocycles. The number of nitrogens with zero attached hydrogens (tertiary/aromatic N) is 2. The van der Waals surface area contributed by atoms with Gasteiger partial charge in [-0.1, -0.05) is 0 Å². The lowest BCUT2D eigenvalue weighted by Crippen LogP contribution is -2.36. The highest BCUT2D eigenvalue weighted by Crippen LogP contribution is 2.53. The van der Waals surface area contributed by atoms with Crippen LogP contribution in [0.1, 0.15) is 103 Å². The Kier molecular flexibility index (Phi) is 29.6. The van der Waals surface area contributed by atoms with Crippen LogP contribution in [0.3, 0.4) is 0 Å². The van der Waals surface area contributed by atoms with E-state index in [1.807, 2.05) is 0 Å². The summed E-state index contributed by atoms with van der Waals surface area (Å²) in [5.41, 5.74) is -5.65. The molecule has 128 heavy (non-hydrogen) atoms. The van der Waals surface area contributed by atoms with Gasteiger partial charge in [0.15, 0.2) is 46.0 Å². The molecule has 0 fully saturated rings. The molecule has 0 amide bonds. The Bertz CT molecular complexity index is 4590. The van der Waals surface area contributed by atoms with Crippen LogP contribution in [0.4, 0.5) is 176 Å². The number of alkyl halides is 40. The maximum absolute atomic E-state index is 14.3. The van der Waals surface area contributed by atoms with Crippen LogP contribution in [0.2, 0.25) is 0 Å². The van der Waals surface area contributed by atoms with Gasteiger partial charge >= 0.3 is 96.8 Å². The van der Waals surface area contributed by atoms with Gasteiger partial charge in [-0.15, -0.1) is 0 Å². The summed E-state index contributed by atoms with van der Waals surface area (Å²) in [5, 5.41) is -1.55. The number of H-pyrrole nitrogens is 2. The normalized spacial score (nSPS) is 14.1. The van der Waals surface area contributed by atoms with E-state index in [9.17, 15) is 176 Å². The Labute approximate surface area is 691 Å². The van der Waals surface area contributed by atoms with Gasteiger partial charge in [0.1, 0.15) is 0 Å². The molecule has 2 aliphatic heterocycles. The lowest BCUT2D eigenvalue weighted by atomic mass is 10.0. The van der Waals surface area contributed by atoms with Crippen LogP contribution in [0.15, 0.2) is 72.8 Å². The summed E-state index contributed by atoms with van der Waals surface area (Å²) >= 11 is 0. The van der Waals surface area contributed by atoms with Gasteiger partial charge in [-0.2, -0.15) is 176 Å². The molecule has 52 heteroatoms. The zero-order valence-corrected chi connectivity index (χ0v) is 64.2. The summed E-state index contributed by atoms with van der Waals surface area (Å²) in [6.07, 6.45) is -75.8. The Morgan fingerprint density at radius 3 is 0.430 bits per heavy atom. The molecule has 7 aromatic rings. The van der Waals surface area contributed by atoms with E-state index < -0.39 is 365 Å². The molecule has 2 N–H and O–H groups in total. The second-order valence-corrected chi connectivity index (χ2v) is 28.9. The van der Waals surface area contributed by atoms with E-state index in [4.69, 9.17) is 37.9 Å². The van der Waals surface area contributed by atoms with Crippen LogP contribution in [0, 0.1) is 0 Å². The van der Waals surface area contributed by atoms with Gasteiger partial charge in [0.25, 0.3) is 0 Å². The molecule has 0 unspecified atom stereocenters. The zero-order chi connectivity index (χ0) is 95.8. The quantitative estimate of drug-likeness (QED) is 0.0283. The lowest BCUT2D eigenvalue weighted by Gasteiger charge is -2.20. The Morgan fingerprint density at radius 1 is 0.180 bits per heavy atom. The number of halogens is 40. The molecule has 8 bridgehead atoms. The van der Waals surface area contributed by atoms with E-state index in [0.29, 0.717) is 0 Å². The molecular weight excluding hydrogens is 1860 g/mol. The van der Waals surface area contributed by atoms with Gasteiger partial charge in [0, 0.05) is 117 Å². The molecular formula is C76H62F40N4O8. The van der Waals surface area contributed by atoms with Crippen molar-refractivity contribution in [3.05, 3.63) is 72.8 Å². The highest BCUT2D eigenvalue weighted by atomic mass is 19.5. The highest BCUT2D eigenvalue weighted by molar-refractivity contribution is 6.12. The largest absolute Gasteiger partial charge is 0.490 e. The summed E-state index contributed by atoms with van der Waals surface area (Å²) in [5.74, 6) is -50.1. The van der Waals surface area contributed by atoms with Crippen molar-refractivity contribution >= 4 is 43.6 Å². The van der Waals surface area contributed by atoms with Gasteiger partial charge in [0.2, 0.25) is 0 Å². The minimum Gasteiger partial charge on any atom is -0.490 e. The summed E-state index contributed by atoms with van der Waals surface area (Å²) in [4.78, 5) is 15.0. The van der Waals surface area contributed by atoms with E-state index in [0.717, 1.165) is 72.8 Å². The molecule has 0 saturated carbocycles. The fourth-order valence-electron chi connectivity index (χ4n) is 12.3. The number of hydrogen-bond acceptors (Lipinski definition) is 10. The fourth-order valence-corrected chi connectivity index (χ4v) is 12.3. The Balaban J connectivity index is 1.42. The van der Waals surface area contributed by atoms with Crippen molar-refractivity contribution in [2.45, 2.75) is 200 Å². The summed E-state index contributed by atoms with van der Waals surface area (Å²) in [6, 6.07) is 10.3. The Hall–Kier alpha value is -9.88. The first-order chi connectivity index (χ1) is 58.5. The average Bonchev–Trinajstić information content (AvgIpc) is 1.59. The van der Waals surface area contributed by atoms with E-state index >= 15 is 0 Å². The molecule has 9 rings (SSSR count). The second kappa shape index (κ2) is 37.2. The van der Waals surface area contributed by atoms with Gasteiger partial charge in [-0.05, 0) is 124 Å². The predicted octanol–water partition coefficient (Wildman–Crippen LogP) is 28.1. The number of benzene rings is 4. The van der Waals surface area contributed by atoms with Crippen LogP contribution >= 0.6 is 0 Å². The topological polar surface area (TPSA) is 131 Å². The molecule has 0 spiro atoms. The lowest BCUT2D eigenvalue weighted by molar-refractivity contribution is -0.284. The van der Waals surface area contributed by atoms with Gasteiger partial charge < -0.3 is 47.9 Å². The van der Waals surface area contributed by atoms with Crippen LogP contribution in [-0.4, -0.2) is 170 Å². The van der Waals surface area contributed by atoms with Crippen LogP contribution in [-0.2, 0) is 0 Å². The average molecular weight is 1920 g/mol. The fraction of sp³-hybridized carbons (Fsp3) is 0.526. The van der Waals surface area contributed by atoms with E-state index in [2.05, 4.69) is 19.9 Å². The van der Waals surface area contributed by atoms with Crippen LogP contribution in [0.5, 0.6) is 46.0 Å². The minimum absolute atomic E-state index is 0.387. The standard InChI is InChI=1S/C76H62F40N4O8/c77-61(78,69(93,94)95)9-1-17-121-53-25-37-38(26-54(53)122-18-2-10-62(79,80)70(96,97)98)46-34-48-41-29-57(125-21-5-13-65(85,86)73(105,106)107)58(126-22-6-14-66(87,88)74(108,109)110)30-42(41)50(119-48)36-52-44-32-60(128-24-8-16-68(91,92)76(114,115)116)59(127-23-7-15-67(89,90)75(111,112)113)31-43(44)51(120-52)35-49-40-28-56(124-20-4-12-64(83,84)72(102,103)104)55(27-39(40)47(118-49)33-45(37)117-46)123-19-3-11-63(81,82)71(99,100)101/h25-36,117,120H,1-24H2. The van der Waals surface area contributed by atoms with Crippen molar-refractivity contribution in [1.29, 1.82) is 0 Å². The number of aromatic amines is 2. The van der Waals surface area contributed by atoms with Crippen molar-refractivity contribution in [3.63, 3.8) is 0 Å². The first-order valence-corrected chi connectivity index (χ1v) is 37.2. The smallest absolute Gasteiger partial charge is 0.453 e. The Morgan fingerprint density at radius 2 is 0.305 bits per heavy atom. The monoisotopic (exact) mass is 1920 g/mol. The van der Waals surface area contributed by atoms with Crippen molar-refractivity contribution < 1.29 is 214 Å². The predicted molar refractivity (Wildman–Crippen MR) is 371 cm³/mol. The molecule has 3 aromatic heterocycles. The zero-order valence-electron chi connectivity index (χ0n) is 64.2. The molecule has 0 atom stereocenters. The van der Waals surface area contributed by atoms with Gasteiger partial charge in [0.05, 0.1) is 75.6 Å². The van der Waals surface area contributed by atoms with Crippen LogP contribution in [0.25, 0.3) is 88.6 Å². The molecule has 4 aromatic carbocycles. The third-order valence-electron chi connectivity index (χ3n) is 19.2. The van der Waals surface area contributed by atoms with Crippen molar-refractivity contribution in [2.75, 3.05) is 52.9 Å². The first-order valence-electron chi connectivity index (χ1n) is 37.2. The van der Waals surface area contributed by atoms with Crippen molar-refractivity contribution in [2.24, 2.45) is 0 Å². The summed E-state index contributed by atoms with van der Waals surface area (Å²) in [6.45, 7) is -9.59. The van der Waals surface area contributed by atoms with Crippen LogP contribution < -0.4 is 37.9 Å². The minimum atomic E-state index is -6.19. The van der Waals surface area contributed by atoms with E-state index in [1.165, 1.54) is 0 Å². The maximum Gasteiger partial charge on any atom is 0.453 e. The molecule has 2 aliphatic rings. The number of aromatic nitrogens is 4. The van der Waals surface area contributed by atoms with Crippen molar-refractivity contribution in [1.82, 2.24) is 19.9 Å². The third-order valence-corrected chi connectivity index (χ3v) is 19.2. The van der Waals surface area contributed by atoms with Gasteiger partial charge in [-0.3, -0.25) is 0 Å². The van der Waals surface area contributed by atoms with Gasteiger partial charge in [-0.25, -0.2) is 9.97 Å². The number of rotatable bonds is 40. The molecule has 5 heterocycles. The molecule has 0 aliphatic carbocycles. The summed E-state index contributed by atoms with van der Waals surface area (Å²) in [7, 11) is 0. The third kappa shape index (κ3) is 23.8. The number of fused-ring (bicyclic) bond motifs is 20. The molecule has 12 nitrogen and oxygen atoms in total. The first kappa shape index (κ1) is 102. The van der Waals surface area contributed by atoms with Crippen molar-refractivity contribution in [3.8, 4) is 91.0 Å². The molecule has 714 valence electrons. The van der Waals surface area contributed by atoms with E-state index in [1.54, 1.807) is 0 Å². The second-order valence-electron chi connectivity index (χ2n) is 28.9. The number of hydrogen-bond donors (Lipinski definition) is 2. The number of ether oxygens (including phenoxy) is 8. The molecule has 0 radical (unpaired) electrons.